The number of carbonyl (C=O) groups is 4. The van der Waals surface area contributed by atoms with E-state index in [4.69, 9.17) is 0 Å². The van der Waals surface area contributed by atoms with Gasteiger partial charge in [0.15, 0.2) is 0 Å². The highest BCUT2D eigenvalue weighted by molar-refractivity contribution is 6.11. The van der Waals surface area contributed by atoms with E-state index in [1.165, 1.54) is 0 Å². The van der Waals surface area contributed by atoms with Gasteiger partial charge >= 0.3 is 0 Å². The van der Waals surface area contributed by atoms with Crippen LogP contribution in [0.2, 0.25) is 0 Å². The first-order chi connectivity index (χ1) is 24.6. The lowest BCUT2D eigenvalue weighted by Gasteiger charge is -2.21. The van der Waals surface area contributed by atoms with Gasteiger partial charge in [-0.15, -0.1) is 0 Å². The second-order valence-electron chi connectivity index (χ2n) is 14.4. The fourth-order valence-electron chi connectivity index (χ4n) is 8.09. The van der Waals surface area contributed by atoms with Crippen LogP contribution in [0.3, 0.4) is 0 Å². The Bertz CT molecular complexity index is 2020. The molecule has 0 aromatic heterocycles. The number of hydrogen-bond acceptors (Lipinski definition) is 4. The molecule has 3 aromatic rings. The average molecular weight is 683 g/mol. The van der Waals surface area contributed by atoms with Crippen LogP contribution in [0.15, 0.2) is 90.0 Å². The van der Waals surface area contributed by atoms with Crippen LogP contribution in [0.4, 0.5) is 11.4 Å². The number of carbonyl (C=O) groups excluding carboxylic acids is 4. The van der Waals surface area contributed by atoms with Crippen LogP contribution >= 0.6 is 0 Å². The van der Waals surface area contributed by atoms with Crippen LogP contribution in [0, 0.1) is 6.92 Å². The maximum Gasteiger partial charge on any atom is 0.258 e. The molecular weight excluding hydrogens is 636 g/mol. The highest BCUT2D eigenvalue weighted by Gasteiger charge is 2.32. The molecule has 2 fully saturated rings. The molecule has 4 amide bonds. The lowest BCUT2D eigenvalue weighted by atomic mass is 9.93. The van der Waals surface area contributed by atoms with E-state index < -0.39 is 0 Å². The number of anilines is 2. The van der Waals surface area contributed by atoms with E-state index in [0.717, 1.165) is 89.1 Å². The Morgan fingerprint density at radius 3 is 1.94 bits per heavy atom. The summed E-state index contributed by atoms with van der Waals surface area (Å²) in [6, 6.07) is 18.3. The van der Waals surface area contributed by atoms with E-state index in [1.54, 1.807) is 0 Å². The highest BCUT2D eigenvalue weighted by atomic mass is 16.2. The summed E-state index contributed by atoms with van der Waals surface area (Å²) in [5.41, 5.74) is 11.2. The SMILES string of the molecule is C=C(C)/C(=C\C=C(/C)CN1CCCC1=O)C(=O)N1CCc2c(-c3cccc4c3CCN4C(=O)c3ccc(CN4CCCC4=O)cc3C)cccc21. The second-order valence-corrected chi connectivity index (χ2v) is 14.4. The third-order valence-electron chi connectivity index (χ3n) is 10.7. The van der Waals surface area contributed by atoms with Crippen molar-refractivity contribution in [3.8, 4) is 11.1 Å². The quantitative estimate of drug-likeness (QED) is 0.181. The molecule has 0 unspecified atom stereocenters. The summed E-state index contributed by atoms with van der Waals surface area (Å²) >= 11 is 0. The van der Waals surface area contributed by atoms with Crippen LogP contribution in [-0.4, -0.2) is 66.2 Å². The van der Waals surface area contributed by atoms with Crippen molar-refractivity contribution in [1.29, 1.82) is 0 Å². The second kappa shape index (κ2) is 14.2. The third-order valence-corrected chi connectivity index (χ3v) is 10.7. The average Bonchev–Trinajstić information content (AvgIpc) is 3.92. The lowest BCUT2D eigenvalue weighted by Crippen LogP contribution is -2.30. The van der Waals surface area contributed by atoms with Gasteiger partial charge in [0.25, 0.3) is 11.8 Å². The first-order valence-electron chi connectivity index (χ1n) is 18.2. The molecular formula is C43H46N4O4. The minimum atomic E-state index is -0.0804. The summed E-state index contributed by atoms with van der Waals surface area (Å²) < 4.78 is 0. The van der Waals surface area contributed by atoms with Crippen molar-refractivity contribution < 1.29 is 19.2 Å². The molecule has 0 N–H and O–H groups in total. The highest BCUT2D eigenvalue weighted by Crippen LogP contribution is 2.42. The standard InChI is InChI=1S/C43H46N4O4/c1-28(2)32(17-15-29(3)26-44-21-7-13-40(44)48)42(50)46-23-19-36-34(9-5-11-38(36)46)35-10-6-12-39-37(35)20-24-47(39)43(51)33-18-16-31(25-30(33)4)27-45-22-8-14-41(45)49/h5-6,9-12,15-18,25H,1,7-8,13-14,19-24,26-27H2,2-4H3/b29-15+,32-17+. The molecule has 0 spiro atoms. The van der Waals surface area contributed by atoms with Gasteiger partial charge in [-0.25, -0.2) is 0 Å². The van der Waals surface area contributed by atoms with E-state index in [1.807, 2.05) is 95.0 Å². The van der Waals surface area contributed by atoms with E-state index in [-0.39, 0.29) is 23.6 Å². The number of aryl methyl sites for hydroxylation is 1. The van der Waals surface area contributed by atoms with Crippen molar-refractivity contribution in [3.63, 3.8) is 0 Å². The number of hydrogen-bond donors (Lipinski definition) is 0. The van der Waals surface area contributed by atoms with Crippen molar-refractivity contribution >= 4 is 35.0 Å². The van der Waals surface area contributed by atoms with Crippen LogP contribution in [-0.2, 0) is 33.8 Å². The zero-order valence-electron chi connectivity index (χ0n) is 30.0. The molecule has 4 aliphatic rings. The molecule has 2 saturated heterocycles. The van der Waals surface area contributed by atoms with Crippen molar-refractivity contribution in [1.82, 2.24) is 9.80 Å². The van der Waals surface area contributed by atoms with Gasteiger partial charge in [0.2, 0.25) is 11.8 Å². The Kier molecular flexibility index (Phi) is 9.51. The largest absolute Gasteiger partial charge is 0.339 e. The number of rotatable bonds is 9. The molecule has 0 atom stereocenters. The Labute approximate surface area is 300 Å². The zero-order valence-corrected chi connectivity index (χ0v) is 30.0. The van der Waals surface area contributed by atoms with Gasteiger partial charge in [-0.3, -0.25) is 19.2 Å². The zero-order chi connectivity index (χ0) is 35.8. The molecule has 0 aliphatic carbocycles. The van der Waals surface area contributed by atoms with E-state index in [2.05, 4.69) is 18.7 Å². The third kappa shape index (κ3) is 6.67. The normalized spacial score (nSPS) is 17.5. The van der Waals surface area contributed by atoms with E-state index in [9.17, 15) is 19.2 Å². The van der Waals surface area contributed by atoms with Gasteiger partial charge in [-0.1, -0.05) is 54.6 Å². The maximum atomic E-state index is 14.0. The molecule has 262 valence electrons. The van der Waals surface area contributed by atoms with Crippen LogP contribution in [0.5, 0.6) is 0 Å². The Hall–Kier alpha value is -5.24. The minimum Gasteiger partial charge on any atom is -0.339 e. The summed E-state index contributed by atoms with van der Waals surface area (Å²) in [5.74, 6) is 0.283. The Morgan fingerprint density at radius 2 is 1.35 bits per heavy atom. The monoisotopic (exact) mass is 682 g/mol. The first kappa shape index (κ1) is 34.2. The molecule has 51 heavy (non-hydrogen) atoms. The predicted octanol–water partition coefficient (Wildman–Crippen LogP) is 6.95. The first-order valence-corrected chi connectivity index (χ1v) is 18.2. The fourth-order valence-corrected chi connectivity index (χ4v) is 8.09. The fraction of sp³-hybridized carbons (Fsp3) is 0.349. The van der Waals surface area contributed by atoms with Gasteiger partial charge < -0.3 is 19.6 Å². The van der Waals surface area contributed by atoms with E-state index >= 15 is 0 Å². The number of allylic oxidation sites excluding steroid dienone is 2. The minimum absolute atomic E-state index is 0.0160. The van der Waals surface area contributed by atoms with E-state index in [0.29, 0.717) is 55.7 Å². The van der Waals surface area contributed by atoms with Crippen molar-refractivity contribution in [2.45, 2.75) is 65.8 Å². The molecule has 3 aromatic carbocycles. The van der Waals surface area contributed by atoms with Gasteiger partial charge in [0.05, 0.1) is 0 Å². The molecule has 4 aliphatic heterocycles. The summed E-state index contributed by atoms with van der Waals surface area (Å²) in [4.78, 5) is 59.8. The van der Waals surface area contributed by atoms with Gasteiger partial charge in [-0.2, -0.15) is 0 Å². The molecule has 0 saturated carbocycles. The van der Waals surface area contributed by atoms with Crippen LogP contribution < -0.4 is 9.80 Å². The lowest BCUT2D eigenvalue weighted by molar-refractivity contribution is -0.128. The number of nitrogens with zero attached hydrogens (tertiary/aromatic N) is 4. The topological polar surface area (TPSA) is 81.2 Å². The summed E-state index contributed by atoms with van der Waals surface area (Å²) in [7, 11) is 0. The smallest absolute Gasteiger partial charge is 0.258 e. The van der Waals surface area contributed by atoms with Gasteiger partial charge in [0.1, 0.15) is 0 Å². The van der Waals surface area contributed by atoms with Crippen LogP contribution in [0.25, 0.3) is 11.1 Å². The number of likely N-dealkylation sites (tertiary alicyclic amines) is 2. The Morgan fingerprint density at radius 1 is 0.745 bits per heavy atom. The van der Waals surface area contributed by atoms with Crippen molar-refractivity contribution in [2.24, 2.45) is 0 Å². The molecule has 4 heterocycles. The Balaban J connectivity index is 1.12. The molecule has 8 nitrogen and oxygen atoms in total. The van der Waals surface area contributed by atoms with Gasteiger partial charge in [-0.05, 0) is 110 Å². The number of benzene rings is 3. The summed E-state index contributed by atoms with van der Waals surface area (Å²) in [6.07, 6.45) is 8.29. The van der Waals surface area contributed by atoms with Crippen molar-refractivity contribution in [2.75, 3.05) is 42.5 Å². The summed E-state index contributed by atoms with van der Waals surface area (Å²) in [5, 5.41) is 0. The maximum absolute atomic E-state index is 14.0. The number of fused-ring (bicyclic) bond motifs is 2. The van der Waals surface area contributed by atoms with Crippen molar-refractivity contribution in [3.05, 3.63) is 118 Å². The number of amides is 4. The molecule has 8 heteroatoms. The van der Waals surface area contributed by atoms with Crippen LogP contribution in [0.1, 0.15) is 72.1 Å². The van der Waals surface area contributed by atoms with Gasteiger partial charge in [0, 0.05) is 74.6 Å². The predicted molar refractivity (Wildman–Crippen MR) is 202 cm³/mol. The molecule has 0 radical (unpaired) electrons. The molecule has 0 bridgehead atoms. The molecule has 7 rings (SSSR count). The summed E-state index contributed by atoms with van der Waals surface area (Å²) in [6.45, 7) is 13.8.